The van der Waals surface area contributed by atoms with Gasteiger partial charge in [0, 0.05) is 6.54 Å². The van der Waals surface area contributed by atoms with Gasteiger partial charge >= 0.3 is 5.97 Å². The topological polar surface area (TPSA) is 79.5 Å². The second-order valence-electron chi connectivity index (χ2n) is 4.16. The smallest absolute Gasteiger partial charge is 0.310 e. The lowest BCUT2D eigenvalue weighted by Gasteiger charge is -2.18. The third-order valence-corrected chi connectivity index (χ3v) is 2.83. The van der Waals surface area contributed by atoms with Crippen molar-refractivity contribution >= 4 is 5.97 Å². The SMILES string of the molecule is CC1(C(=O)O)CCN(Cc2ncno2)C1. The highest BCUT2D eigenvalue weighted by atomic mass is 16.5. The average molecular weight is 211 g/mol. The van der Waals surface area contributed by atoms with Crippen molar-refractivity contribution in [3.8, 4) is 0 Å². The van der Waals surface area contributed by atoms with E-state index in [2.05, 4.69) is 10.1 Å². The van der Waals surface area contributed by atoms with Crippen LogP contribution in [0, 0.1) is 5.41 Å². The van der Waals surface area contributed by atoms with Crippen molar-refractivity contribution in [1.82, 2.24) is 15.0 Å². The number of rotatable bonds is 3. The van der Waals surface area contributed by atoms with E-state index >= 15 is 0 Å². The van der Waals surface area contributed by atoms with E-state index < -0.39 is 11.4 Å². The van der Waals surface area contributed by atoms with Gasteiger partial charge in [-0.3, -0.25) is 9.69 Å². The average Bonchev–Trinajstić information content (AvgIpc) is 2.77. The molecule has 0 bridgehead atoms. The Labute approximate surface area is 86.9 Å². The highest BCUT2D eigenvalue weighted by Crippen LogP contribution is 2.30. The summed E-state index contributed by atoms with van der Waals surface area (Å²) in [5.41, 5.74) is -0.639. The molecule has 82 valence electrons. The number of hydrogen-bond acceptors (Lipinski definition) is 5. The van der Waals surface area contributed by atoms with Crippen LogP contribution >= 0.6 is 0 Å². The van der Waals surface area contributed by atoms with Gasteiger partial charge in [0.25, 0.3) is 0 Å². The molecular formula is C9H13N3O3. The minimum absolute atomic E-state index is 0.531. The Morgan fingerprint density at radius 1 is 1.80 bits per heavy atom. The van der Waals surface area contributed by atoms with Crippen LogP contribution in [0.4, 0.5) is 0 Å². The quantitative estimate of drug-likeness (QED) is 0.777. The maximum Gasteiger partial charge on any atom is 0.310 e. The summed E-state index contributed by atoms with van der Waals surface area (Å²) in [5, 5.41) is 12.5. The van der Waals surface area contributed by atoms with Crippen LogP contribution in [0.3, 0.4) is 0 Å². The van der Waals surface area contributed by atoms with E-state index in [1.54, 1.807) is 6.92 Å². The molecule has 6 heteroatoms. The Balaban J connectivity index is 1.96. The zero-order valence-corrected chi connectivity index (χ0v) is 8.51. The molecule has 0 saturated carbocycles. The van der Waals surface area contributed by atoms with Gasteiger partial charge in [-0.15, -0.1) is 0 Å². The Morgan fingerprint density at radius 3 is 3.13 bits per heavy atom. The van der Waals surface area contributed by atoms with Gasteiger partial charge in [-0.25, -0.2) is 0 Å². The summed E-state index contributed by atoms with van der Waals surface area (Å²) >= 11 is 0. The van der Waals surface area contributed by atoms with Gasteiger partial charge in [-0.2, -0.15) is 4.98 Å². The summed E-state index contributed by atoms with van der Waals surface area (Å²) in [7, 11) is 0. The van der Waals surface area contributed by atoms with Crippen LogP contribution in [-0.2, 0) is 11.3 Å². The largest absolute Gasteiger partial charge is 0.481 e. The molecule has 1 aromatic rings. The molecule has 15 heavy (non-hydrogen) atoms. The van der Waals surface area contributed by atoms with Gasteiger partial charge < -0.3 is 9.63 Å². The second-order valence-corrected chi connectivity index (χ2v) is 4.16. The summed E-state index contributed by atoms with van der Waals surface area (Å²) < 4.78 is 4.87. The molecule has 2 rings (SSSR count). The number of aromatic nitrogens is 2. The predicted octanol–water partition coefficient (Wildman–Crippen LogP) is 0.366. The fourth-order valence-corrected chi connectivity index (χ4v) is 1.82. The van der Waals surface area contributed by atoms with E-state index in [0.717, 1.165) is 6.54 Å². The van der Waals surface area contributed by atoms with Gasteiger partial charge in [-0.1, -0.05) is 5.16 Å². The van der Waals surface area contributed by atoms with Gasteiger partial charge in [0.15, 0.2) is 6.33 Å². The molecule has 1 aromatic heterocycles. The zero-order chi connectivity index (χ0) is 10.9. The molecule has 1 fully saturated rings. The van der Waals surface area contributed by atoms with E-state index in [9.17, 15) is 4.79 Å². The third kappa shape index (κ3) is 1.99. The molecule has 0 amide bonds. The molecule has 1 atom stereocenters. The Hall–Kier alpha value is -1.43. The molecule has 2 heterocycles. The standard InChI is InChI=1S/C9H13N3O3/c1-9(8(13)14)2-3-12(5-9)4-7-10-6-11-15-7/h6H,2-5H2,1H3,(H,13,14). The number of aliphatic carboxylic acids is 1. The van der Waals surface area contributed by atoms with Crippen LogP contribution in [0.1, 0.15) is 19.2 Å². The molecule has 0 aliphatic carbocycles. The number of carbonyl (C=O) groups is 1. The minimum atomic E-state index is -0.740. The molecule has 1 unspecified atom stereocenters. The first-order chi connectivity index (χ1) is 7.10. The Kier molecular flexibility index (Phi) is 2.44. The summed E-state index contributed by atoms with van der Waals surface area (Å²) in [5.74, 6) is -0.208. The van der Waals surface area contributed by atoms with Gasteiger partial charge in [0.1, 0.15) is 0 Å². The summed E-state index contributed by atoms with van der Waals surface area (Å²) in [6, 6.07) is 0. The number of carboxylic acids is 1. The van der Waals surface area contributed by atoms with E-state index in [1.165, 1.54) is 6.33 Å². The van der Waals surface area contributed by atoms with Crippen molar-refractivity contribution in [2.75, 3.05) is 13.1 Å². The van der Waals surface area contributed by atoms with Crippen LogP contribution in [0.25, 0.3) is 0 Å². The van der Waals surface area contributed by atoms with E-state index in [0.29, 0.717) is 25.4 Å². The summed E-state index contributed by atoms with van der Waals surface area (Å²) in [4.78, 5) is 16.9. The van der Waals surface area contributed by atoms with Gasteiger partial charge in [-0.05, 0) is 19.9 Å². The van der Waals surface area contributed by atoms with Crippen molar-refractivity contribution in [3.05, 3.63) is 12.2 Å². The zero-order valence-electron chi connectivity index (χ0n) is 8.51. The monoisotopic (exact) mass is 211 g/mol. The fraction of sp³-hybridized carbons (Fsp3) is 0.667. The molecule has 1 aliphatic rings. The van der Waals surface area contributed by atoms with Crippen LogP contribution in [0.5, 0.6) is 0 Å². The highest BCUT2D eigenvalue weighted by molar-refractivity contribution is 5.74. The van der Waals surface area contributed by atoms with E-state index in [1.807, 2.05) is 4.90 Å². The normalized spacial score (nSPS) is 27.0. The number of hydrogen-bond donors (Lipinski definition) is 1. The summed E-state index contributed by atoms with van der Waals surface area (Å²) in [6.45, 7) is 3.59. The maximum atomic E-state index is 11.0. The molecule has 0 radical (unpaired) electrons. The number of carboxylic acid groups (broad SMARTS) is 1. The minimum Gasteiger partial charge on any atom is -0.481 e. The highest BCUT2D eigenvalue weighted by Gasteiger charge is 2.40. The first-order valence-corrected chi connectivity index (χ1v) is 4.81. The molecule has 0 spiro atoms. The van der Waals surface area contributed by atoms with Crippen molar-refractivity contribution < 1.29 is 14.4 Å². The lowest BCUT2D eigenvalue weighted by atomic mass is 9.90. The Bertz CT molecular complexity index is 351. The molecule has 1 N–H and O–H groups in total. The van der Waals surface area contributed by atoms with Crippen molar-refractivity contribution in [3.63, 3.8) is 0 Å². The predicted molar refractivity (Wildman–Crippen MR) is 49.9 cm³/mol. The lowest BCUT2D eigenvalue weighted by Crippen LogP contribution is -2.31. The van der Waals surface area contributed by atoms with Crippen LogP contribution in [0.2, 0.25) is 0 Å². The third-order valence-electron chi connectivity index (χ3n) is 2.83. The van der Waals surface area contributed by atoms with Crippen molar-refractivity contribution in [1.29, 1.82) is 0 Å². The molecular weight excluding hydrogens is 198 g/mol. The molecule has 6 nitrogen and oxygen atoms in total. The van der Waals surface area contributed by atoms with E-state index in [-0.39, 0.29) is 0 Å². The van der Waals surface area contributed by atoms with Crippen molar-refractivity contribution in [2.24, 2.45) is 5.41 Å². The molecule has 1 aliphatic heterocycles. The van der Waals surface area contributed by atoms with Crippen LogP contribution in [0.15, 0.2) is 10.9 Å². The van der Waals surface area contributed by atoms with Crippen LogP contribution in [-0.4, -0.2) is 39.2 Å². The maximum absolute atomic E-state index is 11.0. The molecule has 1 saturated heterocycles. The van der Waals surface area contributed by atoms with Gasteiger partial charge in [0.05, 0.1) is 12.0 Å². The lowest BCUT2D eigenvalue weighted by molar-refractivity contribution is -0.147. The molecule has 0 aromatic carbocycles. The van der Waals surface area contributed by atoms with Gasteiger partial charge in [0.2, 0.25) is 5.89 Å². The van der Waals surface area contributed by atoms with Crippen LogP contribution < -0.4 is 0 Å². The van der Waals surface area contributed by atoms with E-state index in [4.69, 9.17) is 9.63 Å². The first kappa shape index (κ1) is 10.1. The first-order valence-electron chi connectivity index (χ1n) is 4.81. The Morgan fingerprint density at radius 2 is 2.60 bits per heavy atom. The summed E-state index contributed by atoms with van der Waals surface area (Å²) in [6.07, 6.45) is 2.01. The second kappa shape index (κ2) is 3.62. The van der Waals surface area contributed by atoms with Crippen molar-refractivity contribution in [2.45, 2.75) is 19.9 Å². The number of likely N-dealkylation sites (tertiary alicyclic amines) is 1. The fourth-order valence-electron chi connectivity index (χ4n) is 1.82. The number of nitrogens with zero attached hydrogens (tertiary/aromatic N) is 3.